The standard InChI is InChI=1S/C29H36ClF3N2O5/c1-19(12-15-40-23-8-9-24(25(30)18-23)26(36)34(2)3)16-20-10-13-35(14-11-20)27(37)28(38,29(31,32)33)21-6-5-7-22(17-21)39-4/h5-9,17-20,38H,10-16H2,1-4H3/t19-,28+/m1/s1. The van der Waals surface area contributed by atoms with Gasteiger partial charge in [-0.25, -0.2) is 0 Å². The zero-order valence-corrected chi connectivity index (χ0v) is 23.9. The molecule has 2 aromatic carbocycles. The van der Waals surface area contributed by atoms with Crippen LogP contribution in [0.25, 0.3) is 0 Å². The third-order valence-electron chi connectivity index (χ3n) is 7.30. The van der Waals surface area contributed by atoms with Crippen LogP contribution in [0.2, 0.25) is 5.02 Å². The second kappa shape index (κ2) is 13.1. The molecule has 0 saturated carbocycles. The first kappa shape index (κ1) is 31.5. The molecule has 1 aliphatic rings. The maximum atomic E-state index is 14.1. The van der Waals surface area contributed by atoms with Gasteiger partial charge in [-0.1, -0.05) is 30.7 Å². The minimum Gasteiger partial charge on any atom is -0.497 e. The van der Waals surface area contributed by atoms with Crippen LogP contribution in [-0.2, 0) is 10.4 Å². The molecule has 0 aromatic heterocycles. The number of hydrogen-bond acceptors (Lipinski definition) is 5. The Kier molecular flexibility index (Phi) is 10.3. The third-order valence-corrected chi connectivity index (χ3v) is 7.61. The second-order valence-corrected chi connectivity index (χ2v) is 10.9. The Balaban J connectivity index is 1.51. The van der Waals surface area contributed by atoms with E-state index in [0.29, 0.717) is 35.8 Å². The number of rotatable bonds is 10. The fraction of sp³-hybridized carbons (Fsp3) is 0.517. The van der Waals surface area contributed by atoms with Crippen molar-refractivity contribution in [2.24, 2.45) is 11.8 Å². The summed E-state index contributed by atoms with van der Waals surface area (Å²) in [7, 11) is 4.60. The zero-order valence-electron chi connectivity index (χ0n) is 23.1. The molecule has 40 heavy (non-hydrogen) atoms. The highest BCUT2D eigenvalue weighted by molar-refractivity contribution is 6.34. The highest BCUT2D eigenvalue weighted by atomic mass is 35.5. The molecule has 220 valence electrons. The van der Waals surface area contributed by atoms with Crippen LogP contribution in [0, 0.1) is 11.8 Å². The minimum atomic E-state index is -5.20. The van der Waals surface area contributed by atoms with Crippen molar-refractivity contribution in [3.8, 4) is 11.5 Å². The lowest BCUT2D eigenvalue weighted by molar-refractivity contribution is -0.262. The fourth-order valence-corrected chi connectivity index (χ4v) is 5.17. The van der Waals surface area contributed by atoms with Crippen LogP contribution in [-0.4, -0.2) is 73.8 Å². The molecule has 0 spiro atoms. The van der Waals surface area contributed by atoms with Crippen molar-refractivity contribution in [2.75, 3.05) is 40.9 Å². The molecule has 0 radical (unpaired) electrons. The SMILES string of the molecule is COc1cccc([C@](O)(C(=O)N2CCC(C[C@H](C)CCOc3ccc(C(=O)N(C)C)c(Cl)c3)CC2)C(F)(F)F)c1. The van der Waals surface area contributed by atoms with E-state index in [0.717, 1.165) is 29.9 Å². The molecule has 1 aliphatic heterocycles. The van der Waals surface area contributed by atoms with E-state index in [-0.39, 0.29) is 36.6 Å². The Morgan fingerprint density at radius 3 is 2.38 bits per heavy atom. The number of carbonyl (C=O) groups is 2. The molecule has 2 atom stereocenters. The van der Waals surface area contributed by atoms with Crippen molar-refractivity contribution >= 4 is 23.4 Å². The van der Waals surface area contributed by atoms with Crippen LogP contribution in [0.1, 0.15) is 48.5 Å². The summed E-state index contributed by atoms with van der Waals surface area (Å²) in [5, 5.41) is 11.0. The largest absolute Gasteiger partial charge is 0.497 e. The van der Waals surface area contributed by atoms with Crippen molar-refractivity contribution in [1.82, 2.24) is 9.80 Å². The first-order valence-electron chi connectivity index (χ1n) is 13.1. The van der Waals surface area contributed by atoms with E-state index < -0.39 is 23.2 Å². The number of ether oxygens (including phenoxy) is 2. The second-order valence-electron chi connectivity index (χ2n) is 10.5. The summed E-state index contributed by atoms with van der Waals surface area (Å²) in [4.78, 5) is 27.7. The number of nitrogens with zero attached hydrogens (tertiary/aromatic N) is 2. The minimum absolute atomic E-state index is 0.115. The van der Waals surface area contributed by atoms with Gasteiger partial charge in [0.2, 0.25) is 0 Å². The van der Waals surface area contributed by atoms with E-state index >= 15 is 0 Å². The summed E-state index contributed by atoms with van der Waals surface area (Å²) in [5.41, 5.74) is -3.82. The molecule has 0 aliphatic carbocycles. The molecule has 1 saturated heterocycles. The van der Waals surface area contributed by atoms with Gasteiger partial charge in [0.15, 0.2) is 0 Å². The lowest BCUT2D eigenvalue weighted by atomic mass is 9.85. The van der Waals surface area contributed by atoms with Gasteiger partial charge in [0.25, 0.3) is 17.4 Å². The van der Waals surface area contributed by atoms with E-state index in [4.69, 9.17) is 21.1 Å². The number of likely N-dealkylation sites (tertiary alicyclic amines) is 1. The van der Waals surface area contributed by atoms with Crippen molar-refractivity contribution in [3.63, 3.8) is 0 Å². The van der Waals surface area contributed by atoms with Gasteiger partial charge in [-0.2, -0.15) is 13.2 Å². The monoisotopic (exact) mass is 584 g/mol. The summed E-state index contributed by atoms with van der Waals surface area (Å²) in [5.74, 6) is -0.370. The number of carbonyl (C=O) groups excluding carboxylic acids is 2. The van der Waals surface area contributed by atoms with Crippen molar-refractivity contribution in [1.29, 1.82) is 0 Å². The molecular weight excluding hydrogens is 549 g/mol. The number of methoxy groups -OCH3 is 1. The molecule has 0 unspecified atom stereocenters. The first-order chi connectivity index (χ1) is 18.8. The zero-order chi connectivity index (χ0) is 29.7. The van der Waals surface area contributed by atoms with Crippen LogP contribution in [0.15, 0.2) is 42.5 Å². The molecule has 11 heteroatoms. The van der Waals surface area contributed by atoms with Crippen molar-refractivity contribution in [3.05, 3.63) is 58.6 Å². The van der Waals surface area contributed by atoms with Gasteiger partial charge in [-0.3, -0.25) is 9.59 Å². The number of halogens is 4. The topological polar surface area (TPSA) is 79.3 Å². The van der Waals surface area contributed by atoms with E-state index in [9.17, 15) is 27.9 Å². The lowest BCUT2D eigenvalue weighted by Crippen LogP contribution is -2.57. The maximum Gasteiger partial charge on any atom is 0.430 e. The van der Waals surface area contributed by atoms with Crippen LogP contribution in [0.3, 0.4) is 0 Å². The van der Waals surface area contributed by atoms with Gasteiger partial charge in [-0.05, 0) is 67.9 Å². The van der Waals surface area contributed by atoms with Gasteiger partial charge >= 0.3 is 6.18 Å². The number of aliphatic hydroxyl groups is 1. The third kappa shape index (κ3) is 7.20. The Hall–Kier alpha value is -2.98. The normalized spacial score (nSPS) is 16.7. The van der Waals surface area contributed by atoms with Gasteiger partial charge in [-0.15, -0.1) is 0 Å². The Morgan fingerprint density at radius 2 is 1.80 bits per heavy atom. The number of amides is 2. The Bertz CT molecular complexity index is 1180. The highest BCUT2D eigenvalue weighted by Gasteiger charge is 2.62. The average molecular weight is 585 g/mol. The van der Waals surface area contributed by atoms with E-state index in [1.54, 1.807) is 32.3 Å². The smallest absolute Gasteiger partial charge is 0.430 e. The Morgan fingerprint density at radius 1 is 1.12 bits per heavy atom. The quantitative estimate of drug-likeness (QED) is 0.397. The summed E-state index contributed by atoms with van der Waals surface area (Å²) in [6.07, 6.45) is -2.53. The first-order valence-corrected chi connectivity index (χ1v) is 13.5. The number of hydrogen-bond donors (Lipinski definition) is 1. The predicted octanol–water partition coefficient (Wildman–Crippen LogP) is 5.53. The van der Waals surface area contributed by atoms with E-state index in [1.807, 2.05) is 0 Å². The number of benzene rings is 2. The van der Waals surface area contributed by atoms with Gasteiger partial charge < -0.3 is 24.4 Å². The number of alkyl halides is 3. The van der Waals surface area contributed by atoms with Gasteiger partial charge in [0.1, 0.15) is 11.5 Å². The van der Waals surface area contributed by atoms with Crippen molar-refractivity contribution < 1.29 is 37.3 Å². The van der Waals surface area contributed by atoms with Gasteiger partial charge in [0.05, 0.1) is 24.3 Å². The number of piperidine rings is 1. The molecule has 1 fully saturated rings. The van der Waals surface area contributed by atoms with Crippen LogP contribution < -0.4 is 9.47 Å². The average Bonchev–Trinajstić information content (AvgIpc) is 2.91. The lowest BCUT2D eigenvalue weighted by Gasteiger charge is -2.39. The summed E-state index contributed by atoms with van der Waals surface area (Å²) in [6, 6.07) is 9.82. The molecule has 2 aromatic rings. The molecule has 3 rings (SSSR count). The molecule has 1 heterocycles. The molecule has 2 amide bonds. The van der Waals surface area contributed by atoms with Crippen LogP contribution in [0.5, 0.6) is 11.5 Å². The van der Waals surface area contributed by atoms with Gasteiger partial charge in [0, 0.05) is 32.7 Å². The molecule has 0 bridgehead atoms. The summed E-state index contributed by atoms with van der Waals surface area (Å²) < 4.78 is 53.0. The van der Waals surface area contributed by atoms with Crippen LogP contribution >= 0.6 is 11.6 Å². The summed E-state index contributed by atoms with van der Waals surface area (Å²) >= 11 is 6.23. The van der Waals surface area contributed by atoms with Crippen LogP contribution in [0.4, 0.5) is 13.2 Å². The fourth-order valence-electron chi connectivity index (χ4n) is 4.92. The molecular formula is C29H36ClF3N2O5. The molecule has 7 nitrogen and oxygen atoms in total. The van der Waals surface area contributed by atoms with E-state index in [2.05, 4.69) is 6.92 Å². The highest BCUT2D eigenvalue weighted by Crippen LogP contribution is 2.42. The van der Waals surface area contributed by atoms with E-state index in [1.165, 1.54) is 24.1 Å². The summed E-state index contributed by atoms with van der Waals surface area (Å²) in [6.45, 7) is 2.78. The Labute approximate surface area is 237 Å². The maximum absolute atomic E-state index is 14.1. The molecule has 1 N–H and O–H groups in total. The van der Waals surface area contributed by atoms with Crippen molar-refractivity contribution in [2.45, 2.75) is 44.4 Å². The predicted molar refractivity (Wildman–Crippen MR) is 146 cm³/mol.